The van der Waals surface area contributed by atoms with Gasteiger partial charge in [0.05, 0.1) is 0 Å². The fraction of sp³-hybridized carbons (Fsp3) is 1.00. The quantitative estimate of drug-likeness (QED) is 0.641. The van der Waals surface area contributed by atoms with Crippen molar-refractivity contribution in [1.29, 1.82) is 0 Å². The van der Waals surface area contributed by atoms with E-state index >= 15 is 0 Å². The van der Waals surface area contributed by atoms with Crippen molar-refractivity contribution in [3.63, 3.8) is 0 Å². The molecule has 0 aromatic heterocycles. The fourth-order valence-electron chi connectivity index (χ4n) is 0.0275. The molecular weight excluding hydrogens is 194 g/mol. The number of hydrogen-bond donors (Lipinski definition) is 0. The Morgan fingerprint density at radius 2 is 1.67 bits per heavy atom. The minimum Gasteiger partial charge on any atom is -0.191 e. The number of hydrogen-bond acceptors (Lipinski definition) is 3. The number of alkyl halides is 2. The molecule has 0 aromatic carbocycles. The predicted molar refractivity (Wildman–Crippen MR) is 17.1 cm³/mol. The topological polar surface area (TPSA) is 43.4 Å². The van der Waals surface area contributed by atoms with E-state index in [0.717, 1.165) is 0 Å². The van der Waals surface area contributed by atoms with E-state index < -0.39 is 15.9 Å². The Morgan fingerprint density at radius 3 is 1.67 bits per heavy atom. The van der Waals surface area contributed by atoms with Gasteiger partial charge in [0, 0.05) is 25.8 Å². The molecule has 0 aromatic rings. The molecule has 0 saturated carbocycles. The van der Waals surface area contributed by atoms with Gasteiger partial charge in [0.2, 0.25) is 0 Å². The molecule has 0 fully saturated rings. The third-order valence-electron chi connectivity index (χ3n) is 0.306. The number of rotatable bonds is 2. The Kier molecular flexibility index (Phi) is 5.99. The van der Waals surface area contributed by atoms with Crippen molar-refractivity contribution in [3.8, 4) is 0 Å². The van der Waals surface area contributed by atoms with Crippen LogP contribution in [-0.4, -0.2) is 14.2 Å². The van der Waals surface area contributed by atoms with Gasteiger partial charge in [-0.3, -0.25) is 0 Å². The third kappa shape index (κ3) is 4.04. The summed E-state index contributed by atoms with van der Waals surface area (Å²) in [6.07, 6.45) is 0. The van der Waals surface area contributed by atoms with Crippen LogP contribution in [0.4, 0.5) is 13.3 Å². The second-order valence-electron chi connectivity index (χ2n) is 0.816. The Labute approximate surface area is 68.0 Å². The van der Waals surface area contributed by atoms with Crippen molar-refractivity contribution in [1.82, 2.24) is 0 Å². The van der Waals surface area contributed by atoms with Gasteiger partial charge in [0.1, 0.15) is 0 Å². The summed E-state index contributed by atoms with van der Waals surface area (Å²) >= 11 is 0. The zero-order chi connectivity index (χ0) is 6.78. The summed E-state index contributed by atoms with van der Waals surface area (Å²) in [4.78, 5) is 0. The minimum atomic E-state index is -5.24. The van der Waals surface area contributed by atoms with Crippen LogP contribution in [0.2, 0.25) is 0 Å². The second kappa shape index (κ2) is 4.40. The van der Waals surface area contributed by atoms with Crippen molar-refractivity contribution >= 4 is 10.1 Å². The molecule has 0 spiro atoms. The molecule has 0 aliphatic heterocycles. The second-order valence-corrected chi connectivity index (χ2v) is 2.28. The Morgan fingerprint density at radius 1 is 1.33 bits per heavy atom. The van der Waals surface area contributed by atoms with Gasteiger partial charge in [-0.2, -0.15) is 17.2 Å². The van der Waals surface area contributed by atoms with E-state index in [1.54, 1.807) is 0 Å². The summed E-state index contributed by atoms with van der Waals surface area (Å²) in [5, 5.41) is 0. The van der Waals surface area contributed by atoms with Gasteiger partial charge in [-0.05, 0) is 4.53 Å². The van der Waals surface area contributed by atoms with Crippen molar-refractivity contribution in [2.75, 3.05) is 0 Å². The van der Waals surface area contributed by atoms with E-state index in [1.807, 2.05) is 4.39 Å². The first-order valence-corrected chi connectivity index (χ1v) is 2.80. The maximum absolute atomic E-state index is 10.9. The molecule has 3 nitrogen and oxygen atoms in total. The zero-order valence-electron chi connectivity index (χ0n) is 3.92. The first kappa shape index (κ1) is 12.3. The van der Waals surface area contributed by atoms with E-state index in [4.69, 9.17) is 0 Å². The average Bonchev–Trinajstić information content (AvgIpc) is 1.67. The van der Waals surface area contributed by atoms with Gasteiger partial charge in [-0.25, -0.2) is 0 Å². The summed E-state index contributed by atoms with van der Waals surface area (Å²) in [6.45, 7) is 0. The molecule has 0 N–H and O–H groups in total. The van der Waals surface area contributed by atoms with Crippen LogP contribution in [-0.2, 0) is 40.3 Å². The fourth-order valence-corrected chi connectivity index (χ4v) is 0.0825. The van der Waals surface area contributed by atoms with Crippen molar-refractivity contribution in [3.05, 3.63) is 0 Å². The molecule has 0 saturated heterocycles. The first-order chi connectivity index (χ1) is 3.50. The van der Waals surface area contributed by atoms with Crippen LogP contribution in [0.3, 0.4) is 0 Å². The van der Waals surface area contributed by atoms with Crippen LogP contribution in [0.15, 0.2) is 0 Å². The summed E-state index contributed by atoms with van der Waals surface area (Å²) in [6, 6.07) is 0. The van der Waals surface area contributed by atoms with Crippen molar-refractivity contribution < 1.29 is 52.0 Å². The Bertz CT molecular complexity index is 152. The molecule has 0 aliphatic carbocycles. The van der Waals surface area contributed by atoms with Crippen LogP contribution in [0.1, 0.15) is 0 Å². The molecule has 0 amide bonds. The Hall–Kier alpha value is 0.570. The SMILES string of the molecule is O=S(=O)(OF)C(F)F.[Sc]. The number of halogens is 3. The normalized spacial score (nSPS) is 11.1. The zero-order valence-corrected chi connectivity index (χ0v) is 6.54. The van der Waals surface area contributed by atoms with Crippen molar-refractivity contribution in [2.24, 2.45) is 0 Å². The molecule has 1 radical (unpaired) electrons. The Balaban J connectivity index is 0. The molecular formula is CHF3O3SSc. The molecule has 0 heterocycles. The molecule has 0 aliphatic rings. The van der Waals surface area contributed by atoms with Crippen LogP contribution in [0, 0.1) is 0 Å². The van der Waals surface area contributed by atoms with E-state index in [2.05, 4.69) is 0 Å². The van der Waals surface area contributed by atoms with Gasteiger partial charge in [0.15, 0.2) is 0 Å². The summed E-state index contributed by atoms with van der Waals surface area (Å²) < 4.78 is 52.8. The molecule has 9 heavy (non-hydrogen) atoms. The van der Waals surface area contributed by atoms with Crippen LogP contribution >= 0.6 is 0 Å². The van der Waals surface area contributed by atoms with Crippen LogP contribution in [0.25, 0.3) is 0 Å². The van der Waals surface area contributed by atoms with E-state index in [9.17, 15) is 21.7 Å². The maximum Gasteiger partial charge on any atom is 0.363 e. The van der Waals surface area contributed by atoms with Crippen LogP contribution in [0.5, 0.6) is 0 Å². The van der Waals surface area contributed by atoms with E-state index in [1.165, 1.54) is 0 Å². The first-order valence-electron chi connectivity index (χ1n) is 1.33. The smallest absolute Gasteiger partial charge is 0.191 e. The minimum absolute atomic E-state index is 0. The standard InChI is InChI=1S/CHF3O3S.Sc/c2-1(3)8(5,6)7-4;/h1H;. The van der Waals surface area contributed by atoms with E-state index in [-0.39, 0.29) is 25.8 Å². The molecule has 0 atom stereocenters. The molecule has 8 heteroatoms. The van der Waals surface area contributed by atoms with Gasteiger partial charge in [0.25, 0.3) is 0 Å². The molecule has 53 valence electrons. The molecule has 0 bridgehead atoms. The average molecular weight is 195 g/mol. The maximum atomic E-state index is 10.9. The van der Waals surface area contributed by atoms with Crippen molar-refractivity contribution in [2.45, 2.75) is 5.76 Å². The van der Waals surface area contributed by atoms with Gasteiger partial charge >= 0.3 is 15.9 Å². The largest absolute Gasteiger partial charge is 0.363 e. The van der Waals surface area contributed by atoms with Crippen LogP contribution < -0.4 is 0 Å². The van der Waals surface area contributed by atoms with E-state index in [0.29, 0.717) is 0 Å². The van der Waals surface area contributed by atoms with Gasteiger partial charge in [-0.15, -0.1) is 0 Å². The predicted octanol–water partition coefficient (Wildman–Crippen LogP) is 0.437. The third-order valence-corrected chi connectivity index (χ3v) is 0.918. The van der Waals surface area contributed by atoms with Gasteiger partial charge < -0.3 is 0 Å². The summed E-state index contributed by atoms with van der Waals surface area (Å²) in [5.41, 5.74) is 0. The van der Waals surface area contributed by atoms with Gasteiger partial charge in [-0.1, -0.05) is 4.39 Å². The molecule has 0 unspecified atom stereocenters. The molecule has 0 rings (SSSR count). The summed E-state index contributed by atoms with van der Waals surface area (Å²) in [5.74, 6) is -3.81. The monoisotopic (exact) mass is 195 g/mol. The summed E-state index contributed by atoms with van der Waals surface area (Å²) in [7, 11) is -5.24.